The van der Waals surface area contributed by atoms with Crippen LogP contribution >= 0.6 is 11.6 Å². The van der Waals surface area contributed by atoms with Crippen LogP contribution in [0.4, 0.5) is 19.0 Å². The Morgan fingerprint density at radius 3 is 2.42 bits per heavy atom. The van der Waals surface area contributed by atoms with Crippen LogP contribution in [0.3, 0.4) is 0 Å². The zero-order valence-electron chi connectivity index (χ0n) is 10.1. The Morgan fingerprint density at radius 2 is 2.05 bits per heavy atom. The van der Waals surface area contributed by atoms with Crippen LogP contribution in [0, 0.1) is 5.92 Å². The van der Waals surface area contributed by atoms with Gasteiger partial charge in [-0.05, 0) is 12.0 Å². The van der Waals surface area contributed by atoms with Gasteiger partial charge in [-0.3, -0.25) is 0 Å². The number of nitrogens with zero attached hydrogens (tertiary/aromatic N) is 1. The topological polar surface area (TPSA) is 62.2 Å². The molecular weight excluding hydrogens is 285 g/mol. The van der Waals surface area contributed by atoms with E-state index < -0.39 is 23.8 Å². The van der Waals surface area contributed by atoms with E-state index in [2.05, 4.69) is 10.3 Å². The number of anilines is 1. The van der Waals surface area contributed by atoms with E-state index in [1.165, 1.54) is 0 Å². The zero-order valence-corrected chi connectivity index (χ0v) is 10.9. The lowest BCUT2D eigenvalue weighted by Gasteiger charge is -2.19. The van der Waals surface area contributed by atoms with Gasteiger partial charge in [0.25, 0.3) is 0 Å². The van der Waals surface area contributed by atoms with Crippen LogP contribution in [0.5, 0.6) is 0 Å². The number of nitrogens with one attached hydrogen (secondary N) is 1. The van der Waals surface area contributed by atoms with Crippen LogP contribution in [0.25, 0.3) is 0 Å². The van der Waals surface area contributed by atoms with Gasteiger partial charge in [-0.2, -0.15) is 13.2 Å². The average molecular weight is 297 g/mol. The van der Waals surface area contributed by atoms with Crippen molar-refractivity contribution in [2.75, 3.05) is 5.32 Å². The molecule has 0 spiro atoms. The fourth-order valence-electron chi connectivity index (χ4n) is 1.36. The van der Waals surface area contributed by atoms with E-state index in [0.717, 1.165) is 0 Å². The summed E-state index contributed by atoms with van der Waals surface area (Å²) < 4.78 is 37.2. The number of aromatic nitrogens is 1. The SMILES string of the molecule is CC(C)[C@H](Nc1ncc(C(F)(F)F)cc1Cl)C(=O)O. The average Bonchev–Trinajstić information content (AvgIpc) is 2.24. The lowest BCUT2D eigenvalue weighted by molar-refractivity contribution is -0.139. The molecule has 0 radical (unpaired) electrons. The van der Waals surface area contributed by atoms with E-state index in [4.69, 9.17) is 16.7 Å². The second kappa shape index (κ2) is 5.64. The molecule has 1 heterocycles. The highest BCUT2D eigenvalue weighted by Gasteiger charge is 2.32. The molecule has 0 aliphatic rings. The highest BCUT2D eigenvalue weighted by molar-refractivity contribution is 6.33. The van der Waals surface area contributed by atoms with E-state index >= 15 is 0 Å². The third kappa shape index (κ3) is 3.99. The van der Waals surface area contributed by atoms with Crippen molar-refractivity contribution in [2.45, 2.75) is 26.1 Å². The highest BCUT2D eigenvalue weighted by atomic mass is 35.5. The number of alkyl halides is 3. The number of carbonyl (C=O) groups is 1. The highest BCUT2D eigenvalue weighted by Crippen LogP contribution is 2.32. The summed E-state index contributed by atoms with van der Waals surface area (Å²) in [7, 11) is 0. The predicted molar refractivity (Wildman–Crippen MR) is 64.1 cm³/mol. The molecule has 4 nitrogen and oxygen atoms in total. The van der Waals surface area contributed by atoms with Gasteiger partial charge in [0, 0.05) is 6.20 Å². The molecule has 2 N–H and O–H groups in total. The molecule has 19 heavy (non-hydrogen) atoms. The molecule has 0 aromatic carbocycles. The largest absolute Gasteiger partial charge is 0.480 e. The van der Waals surface area contributed by atoms with Gasteiger partial charge in [0.1, 0.15) is 11.9 Å². The molecule has 106 valence electrons. The van der Waals surface area contributed by atoms with Crippen molar-refractivity contribution in [3.8, 4) is 0 Å². The van der Waals surface area contributed by atoms with Gasteiger partial charge in [0.05, 0.1) is 10.6 Å². The summed E-state index contributed by atoms with van der Waals surface area (Å²) >= 11 is 5.67. The smallest absolute Gasteiger partial charge is 0.417 e. The third-order valence-electron chi connectivity index (χ3n) is 2.39. The maximum Gasteiger partial charge on any atom is 0.417 e. The van der Waals surface area contributed by atoms with Gasteiger partial charge in [-0.1, -0.05) is 25.4 Å². The second-order valence-corrected chi connectivity index (χ2v) is 4.66. The standard InChI is InChI=1S/C11H12ClF3N2O2/c1-5(2)8(10(18)19)17-9-7(12)3-6(4-16-9)11(13,14)15/h3-5,8H,1-2H3,(H,16,17)(H,18,19)/t8-/m0/s1. The number of carboxylic acids is 1. The lowest BCUT2D eigenvalue weighted by atomic mass is 10.0. The number of carboxylic acid groups (broad SMARTS) is 1. The van der Waals surface area contributed by atoms with Crippen molar-refractivity contribution in [3.63, 3.8) is 0 Å². The fourth-order valence-corrected chi connectivity index (χ4v) is 1.58. The Bertz CT molecular complexity index is 477. The molecule has 1 atom stereocenters. The number of halogens is 4. The van der Waals surface area contributed by atoms with E-state index in [-0.39, 0.29) is 16.8 Å². The monoisotopic (exact) mass is 296 g/mol. The minimum atomic E-state index is -4.54. The Labute approximate surface area is 112 Å². The zero-order chi connectivity index (χ0) is 14.8. The van der Waals surface area contributed by atoms with Crippen LogP contribution in [-0.4, -0.2) is 22.1 Å². The summed E-state index contributed by atoms with van der Waals surface area (Å²) in [6, 6.07) is -0.280. The summed E-state index contributed by atoms with van der Waals surface area (Å²) in [6.45, 7) is 3.31. The Hall–Kier alpha value is -1.50. The van der Waals surface area contributed by atoms with Crippen molar-refractivity contribution in [1.82, 2.24) is 4.98 Å². The summed E-state index contributed by atoms with van der Waals surface area (Å²) in [4.78, 5) is 14.5. The first-order valence-electron chi connectivity index (χ1n) is 5.35. The minimum absolute atomic E-state index is 0.0873. The number of pyridine rings is 1. The predicted octanol–water partition coefficient (Wildman–Crippen LogP) is 3.27. The van der Waals surface area contributed by atoms with Crippen molar-refractivity contribution in [2.24, 2.45) is 5.92 Å². The minimum Gasteiger partial charge on any atom is -0.480 e. The quantitative estimate of drug-likeness (QED) is 0.895. The van der Waals surface area contributed by atoms with E-state index in [0.29, 0.717) is 12.3 Å². The number of hydrogen-bond donors (Lipinski definition) is 2. The molecule has 0 aliphatic heterocycles. The van der Waals surface area contributed by atoms with Gasteiger partial charge in [0.2, 0.25) is 0 Å². The van der Waals surface area contributed by atoms with Crippen molar-refractivity contribution in [3.05, 3.63) is 22.8 Å². The van der Waals surface area contributed by atoms with E-state index in [1.54, 1.807) is 13.8 Å². The van der Waals surface area contributed by atoms with Gasteiger partial charge in [-0.15, -0.1) is 0 Å². The number of rotatable bonds is 4. The molecule has 0 fully saturated rings. The first kappa shape index (κ1) is 15.6. The molecule has 1 aromatic rings. The molecule has 0 bridgehead atoms. The Kier molecular flexibility index (Phi) is 4.62. The van der Waals surface area contributed by atoms with E-state index in [1.807, 2.05) is 0 Å². The number of hydrogen-bond acceptors (Lipinski definition) is 3. The molecule has 0 saturated heterocycles. The molecule has 0 amide bonds. The Morgan fingerprint density at radius 1 is 1.47 bits per heavy atom. The van der Waals surface area contributed by atoms with Crippen LogP contribution in [-0.2, 0) is 11.0 Å². The lowest BCUT2D eigenvalue weighted by Crippen LogP contribution is -2.34. The Balaban J connectivity index is 3.00. The van der Waals surface area contributed by atoms with Crippen molar-refractivity contribution < 1.29 is 23.1 Å². The van der Waals surface area contributed by atoms with Gasteiger partial charge in [-0.25, -0.2) is 9.78 Å². The summed E-state index contributed by atoms with van der Waals surface area (Å²) in [5.74, 6) is -1.50. The van der Waals surface area contributed by atoms with Gasteiger partial charge in [0.15, 0.2) is 0 Å². The third-order valence-corrected chi connectivity index (χ3v) is 2.68. The molecule has 8 heteroatoms. The first-order valence-corrected chi connectivity index (χ1v) is 5.72. The summed E-state index contributed by atoms with van der Waals surface area (Å²) in [6.07, 6.45) is -3.94. The fraction of sp³-hybridized carbons (Fsp3) is 0.455. The van der Waals surface area contributed by atoms with Crippen LogP contribution < -0.4 is 5.32 Å². The molecule has 0 aliphatic carbocycles. The number of aliphatic carboxylic acids is 1. The van der Waals surface area contributed by atoms with Crippen molar-refractivity contribution >= 4 is 23.4 Å². The maximum absolute atomic E-state index is 12.4. The molecule has 1 rings (SSSR count). The second-order valence-electron chi connectivity index (χ2n) is 4.26. The van der Waals surface area contributed by atoms with Crippen LogP contribution in [0.15, 0.2) is 12.3 Å². The normalized spacial score (nSPS) is 13.4. The summed E-state index contributed by atoms with van der Waals surface area (Å²) in [5, 5.41) is 11.2. The van der Waals surface area contributed by atoms with Crippen molar-refractivity contribution in [1.29, 1.82) is 0 Å². The molecular formula is C11H12ClF3N2O2. The molecule has 0 saturated carbocycles. The van der Waals surface area contributed by atoms with Crippen LogP contribution in [0.2, 0.25) is 5.02 Å². The maximum atomic E-state index is 12.4. The van der Waals surface area contributed by atoms with Gasteiger partial charge >= 0.3 is 12.1 Å². The molecule has 1 aromatic heterocycles. The van der Waals surface area contributed by atoms with Gasteiger partial charge < -0.3 is 10.4 Å². The first-order chi connectivity index (χ1) is 8.62. The summed E-state index contributed by atoms with van der Waals surface area (Å²) in [5.41, 5.74) is -0.987. The molecule has 0 unspecified atom stereocenters. The van der Waals surface area contributed by atoms with Crippen LogP contribution in [0.1, 0.15) is 19.4 Å². The van der Waals surface area contributed by atoms with E-state index in [9.17, 15) is 18.0 Å².